The summed E-state index contributed by atoms with van der Waals surface area (Å²) in [4.78, 5) is 2.47. The highest BCUT2D eigenvalue weighted by molar-refractivity contribution is 4.85. The Bertz CT molecular complexity index is 178. The van der Waals surface area contributed by atoms with Crippen LogP contribution in [0.3, 0.4) is 0 Å². The van der Waals surface area contributed by atoms with E-state index in [2.05, 4.69) is 11.8 Å². The first-order valence-corrected chi connectivity index (χ1v) is 6.46. The lowest BCUT2D eigenvalue weighted by atomic mass is 10.0. The molecule has 1 saturated carbocycles. The van der Waals surface area contributed by atoms with Crippen LogP contribution in [0.2, 0.25) is 0 Å². The van der Waals surface area contributed by atoms with Crippen LogP contribution in [-0.2, 0) is 4.74 Å². The van der Waals surface area contributed by atoms with E-state index in [1.165, 1.54) is 19.3 Å². The fourth-order valence-corrected chi connectivity index (χ4v) is 2.68. The van der Waals surface area contributed by atoms with Crippen molar-refractivity contribution in [1.29, 1.82) is 0 Å². The number of hydrogen-bond acceptors (Lipinski definition) is 4. The van der Waals surface area contributed by atoms with Crippen molar-refractivity contribution in [2.45, 2.75) is 32.2 Å². The quantitative estimate of drug-likeness (QED) is 0.594. The molecule has 0 heterocycles. The molecule has 0 spiro atoms. The standard InChI is InChI=1S/C12H26N2O2/c1-2-14(6-8-16-9-7-15)12-5-3-4-11(12)10-13/h11-12,15H,2-10,13H2,1H3. The van der Waals surface area contributed by atoms with Gasteiger partial charge < -0.3 is 15.6 Å². The average Bonchev–Trinajstić information content (AvgIpc) is 2.77. The largest absolute Gasteiger partial charge is 0.394 e. The molecule has 0 amide bonds. The molecule has 0 aliphatic heterocycles. The van der Waals surface area contributed by atoms with Gasteiger partial charge in [0.2, 0.25) is 0 Å². The van der Waals surface area contributed by atoms with Crippen molar-refractivity contribution in [3.63, 3.8) is 0 Å². The number of likely N-dealkylation sites (N-methyl/N-ethyl adjacent to an activating group) is 1. The summed E-state index contributed by atoms with van der Waals surface area (Å²) in [7, 11) is 0. The Morgan fingerprint density at radius 3 is 2.81 bits per heavy atom. The number of nitrogens with two attached hydrogens (primary N) is 1. The molecule has 0 radical (unpaired) electrons. The Balaban J connectivity index is 2.29. The van der Waals surface area contributed by atoms with E-state index in [4.69, 9.17) is 15.6 Å². The number of aliphatic hydroxyl groups is 1. The molecule has 0 bridgehead atoms. The first-order chi connectivity index (χ1) is 7.83. The van der Waals surface area contributed by atoms with Gasteiger partial charge in [0, 0.05) is 12.6 Å². The Labute approximate surface area is 98.8 Å². The van der Waals surface area contributed by atoms with Crippen LogP contribution < -0.4 is 5.73 Å². The predicted molar refractivity (Wildman–Crippen MR) is 65.3 cm³/mol. The topological polar surface area (TPSA) is 58.7 Å². The van der Waals surface area contributed by atoms with Crippen molar-refractivity contribution in [3.05, 3.63) is 0 Å². The second-order valence-corrected chi connectivity index (χ2v) is 4.46. The molecule has 4 nitrogen and oxygen atoms in total. The summed E-state index contributed by atoms with van der Waals surface area (Å²) >= 11 is 0. The summed E-state index contributed by atoms with van der Waals surface area (Å²) in [6.07, 6.45) is 3.85. The lowest BCUT2D eigenvalue weighted by Crippen LogP contribution is -2.42. The zero-order valence-corrected chi connectivity index (χ0v) is 10.4. The maximum Gasteiger partial charge on any atom is 0.0698 e. The molecule has 2 unspecified atom stereocenters. The van der Waals surface area contributed by atoms with Crippen LogP contribution in [0.4, 0.5) is 0 Å². The molecule has 0 aromatic carbocycles. The molecule has 4 heteroatoms. The van der Waals surface area contributed by atoms with Crippen LogP contribution in [0, 0.1) is 5.92 Å². The summed E-state index contributed by atoms with van der Waals surface area (Å²) in [5.74, 6) is 0.665. The normalized spacial score (nSPS) is 25.5. The van der Waals surface area contributed by atoms with Crippen LogP contribution in [0.15, 0.2) is 0 Å². The van der Waals surface area contributed by atoms with Crippen LogP contribution in [0.1, 0.15) is 26.2 Å². The highest BCUT2D eigenvalue weighted by Gasteiger charge is 2.29. The van der Waals surface area contributed by atoms with E-state index in [9.17, 15) is 0 Å². The molecule has 1 aliphatic rings. The Kier molecular flexibility index (Phi) is 6.96. The maximum absolute atomic E-state index is 8.63. The molecular formula is C12H26N2O2. The van der Waals surface area contributed by atoms with E-state index in [1.54, 1.807) is 0 Å². The zero-order chi connectivity index (χ0) is 11.8. The number of nitrogens with zero attached hydrogens (tertiary/aromatic N) is 1. The fourth-order valence-electron chi connectivity index (χ4n) is 2.68. The highest BCUT2D eigenvalue weighted by Crippen LogP contribution is 2.28. The average molecular weight is 230 g/mol. The molecule has 16 heavy (non-hydrogen) atoms. The molecule has 0 aromatic rings. The van der Waals surface area contributed by atoms with Gasteiger partial charge in [-0.15, -0.1) is 0 Å². The van der Waals surface area contributed by atoms with E-state index in [0.29, 0.717) is 25.2 Å². The minimum atomic E-state index is 0.112. The molecule has 1 aliphatic carbocycles. The summed E-state index contributed by atoms with van der Waals surface area (Å²) in [6, 6.07) is 0.646. The monoisotopic (exact) mass is 230 g/mol. The molecule has 3 N–H and O–H groups in total. The smallest absolute Gasteiger partial charge is 0.0698 e. The van der Waals surface area contributed by atoms with E-state index in [-0.39, 0.29) is 6.61 Å². The van der Waals surface area contributed by atoms with Gasteiger partial charge in [0.1, 0.15) is 0 Å². The number of rotatable bonds is 8. The van der Waals surface area contributed by atoms with Crippen LogP contribution in [-0.4, -0.2) is 55.5 Å². The Morgan fingerprint density at radius 2 is 2.19 bits per heavy atom. The maximum atomic E-state index is 8.63. The molecular weight excluding hydrogens is 204 g/mol. The van der Waals surface area contributed by atoms with E-state index in [0.717, 1.165) is 19.6 Å². The minimum Gasteiger partial charge on any atom is -0.394 e. The first kappa shape index (κ1) is 13.9. The summed E-state index contributed by atoms with van der Waals surface area (Å²) in [6.45, 7) is 6.28. The van der Waals surface area contributed by atoms with Gasteiger partial charge in [-0.1, -0.05) is 13.3 Å². The zero-order valence-electron chi connectivity index (χ0n) is 10.4. The summed E-state index contributed by atoms with van der Waals surface area (Å²) < 4.78 is 5.32. The third-order valence-corrected chi connectivity index (χ3v) is 3.56. The van der Waals surface area contributed by atoms with Crippen LogP contribution in [0.5, 0.6) is 0 Å². The van der Waals surface area contributed by atoms with Gasteiger partial charge in [-0.3, -0.25) is 4.90 Å². The molecule has 0 aromatic heterocycles. The second kappa shape index (κ2) is 8.01. The molecule has 1 fully saturated rings. The Morgan fingerprint density at radius 1 is 1.38 bits per heavy atom. The third kappa shape index (κ3) is 4.01. The fraction of sp³-hybridized carbons (Fsp3) is 1.00. The van der Waals surface area contributed by atoms with Gasteiger partial charge in [0.25, 0.3) is 0 Å². The third-order valence-electron chi connectivity index (χ3n) is 3.56. The van der Waals surface area contributed by atoms with E-state index in [1.807, 2.05) is 0 Å². The first-order valence-electron chi connectivity index (χ1n) is 6.46. The van der Waals surface area contributed by atoms with Gasteiger partial charge in [-0.25, -0.2) is 0 Å². The van der Waals surface area contributed by atoms with E-state index >= 15 is 0 Å². The predicted octanol–water partition coefficient (Wildman–Crippen LogP) is 0.445. The van der Waals surface area contributed by atoms with Gasteiger partial charge in [0.15, 0.2) is 0 Å². The van der Waals surface area contributed by atoms with Crippen LogP contribution >= 0.6 is 0 Å². The highest BCUT2D eigenvalue weighted by atomic mass is 16.5. The van der Waals surface area contributed by atoms with Crippen molar-refractivity contribution in [2.24, 2.45) is 11.7 Å². The van der Waals surface area contributed by atoms with Crippen molar-refractivity contribution in [2.75, 3.05) is 39.5 Å². The number of ether oxygens (including phenoxy) is 1. The minimum absolute atomic E-state index is 0.112. The summed E-state index contributed by atoms with van der Waals surface area (Å²) in [5, 5.41) is 8.63. The molecule has 1 rings (SSSR count). The SMILES string of the molecule is CCN(CCOCCO)C1CCCC1CN. The van der Waals surface area contributed by atoms with Crippen molar-refractivity contribution in [3.8, 4) is 0 Å². The lowest BCUT2D eigenvalue weighted by molar-refractivity contribution is 0.0592. The van der Waals surface area contributed by atoms with Crippen LogP contribution in [0.25, 0.3) is 0 Å². The summed E-state index contributed by atoms with van der Waals surface area (Å²) in [5.41, 5.74) is 5.80. The van der Waals surface area contributed by atoms with Gasteiger partial charge in [-0.05, 0) is 31.8 Å². The van der Waals surface area contributed by atoms with Gasteiger partial charge >= 0.3 is 0 Å². The van der Waals surface area contributed by atoms with Gasteiger partial charge in [0.05, 0.1) is 19.8 Å². The Hall–Kier alpha value is -0.160. The molecule has 2 atom stereocenters. The van der Waals surface area contributed by atoms with E-state index < -0.39 is 0 Å². The number of hydrogen-bond donors (Lipinski definition) is 2. The molecule has 96 valence electrons. The molecule has 0 saturated heterocycles. The lowest BCUT2D eigenvalue weighted by Gasteiger charge is -2.31. The van der Waals surface area contributed by atoms with Crippen molar-refractivity contribution in [1.82, 2.24) is 4.90 Å². The second-order valence-electron chi connectivity index (χ2n) is 4.46. The van der Waals surface area contributed by atoms with Crippen molar-refractivity contribution >= 4 is 0 Å². The van der Waals surface area contributed by atoms with Crippen molar-refractivity contribution < 1.29 is 9.84 Å². The number of aliphatic hydroxyl groups excluding tert-OH is 1. The van der Waals surface area contributed by atoms with Gasteiger partial charge in [-0.2, -0.15) is 0 Å².